The number of carbonyl (C=O) groups is 2. The molecule has 0 spiro atoms. The lowest BCUT2D eigenvalue weighted by Gasteiger charge is -2.19. The second kappa shape index (κ2) is 11.9. The fourth-order valence-corrected chi connectivity index (χ4v) is 4.18. The number of fused-ring (bicyclic) bond motifs is 2. The smallest absolute Gasteiger partial charge is 0.414 e. The highest BCUT2D eigenvalue weighted by Gasteiger charge is 2.24. The molecule has 0 fully saturated rings. The van der Waals surface area contributed by atoms with Crippen LogP contribution in [0, 0.1) is 23.0 Å². The standard InChI is InChI=1S/C14H12BrFN2O3.C13H13BrFNO3/c1-14(2,3)21-13(19)18-12-7(6-17)10-8(15)4-5-9(16)11(10)20-12;1-13(2,3)19-12(17)16-10-6-7-8(14)4-5-9(15)11(7)18-10/h4-5H,1-3H3,(H,18,19);4-6H,1-3H3,(H,16,17). The van der Waals surface area contributed by atoms with Crippen molar-refractivity contribution in [3.8, 4) is 6.07 Å². The Morgan fingerprint density at radius 2 is 1.38 bits per heavy atom. The summed E-state index contributed by atoms with van der Waals surface area (Å²) in [6.45, 7) is 10.4. The Morgan fingerprint density at radius 3 is 1.90 bits per heavy atom. The van der Waals surface area contributed by atoms with Crippen LogP contribution in [-0.2, 0) is 9.47 Å². The van der Waals surface area contributed by atoms with Gasteiger partial charge in [0, 0.05) is 20.4 Å². The Hall–Kier alpha value is -3.63. The van der Waals surface area contributed by atoms with E-state index in [1.165, 1.54) is 24.3 Å². The maximum atomic E-state index is 13.7. The molecule has 4 rings (SSSR count). The van der Waals surface area contributed by atoms with Gasteiger partial charge in [-0.1, -0.05) is 15.9 Å². The van der Waals surface area contributed by atoms with Crippen LogP contribution in [0.4, 0.5) is 30.1 Å². The van der Waals surface area contributed by atoms with E-state index in [0.717, 1.165) is 0 Å². The second-order valence-corrected chi connectivity index (χ2v) is 12.0. The molecular formula is C27H25Br2F2N3O6. The molecule has 0 saturated heterocycles. The predicted molar refractivity (Wildman–Crippen MR) is 152 cm³/mol. The first-order chi connectivity index (χ1) is 18.5. The van der Waals surface area contributed by atoms with Crippen molar-refractivity contribution in [1.29, 1.82) is 5.26 Å². The monoisotopic (exact) mass is 683 g/mol. The molecule has 2 aromatic carbocycles. The first-order valence-electron chi connectivity index (χ1n) is 11.7. The van der Waals surface area contributed by atoms with E-state index >= 15 is 0 Å². The van der Waals surface area contributed by atoms with E-state index in [0.29, 0.717) is 14.3 Å². The SMILES string of the molecule is CC(C)(C)OC(=O)Nc1cc2c(Br)ccc(F)c2o1.CC(C)(C)OC(=O)Nc1oc2c(F)ccc(Br)c2c1C#N. The number of rotatable bonds is 2. The number of anilines is 2. The molecule has 40 heavy (non-hydrogen) atoms. The molecule has 2 amide bonds. The maximum absolute atomic E-state index is 13.7. The lowest BCUT2D eigenvalue weighted by molar-refractivity contribution is 0.0621. The van der Waals surface area contributed by atoms with Gasteiger partial charge in [-0.3, -0.25) is 10.6 Å². The topological polar surface area (TPSA) is 127 Å². The molecule has 212 valence electrons. The average molecular weight is 685 g/mol. The number of nitriles is 1. The first-order valence-corrected chi connectivity index (χ1v) is 13.3. The highest BCUT2D eigenvalue weighted by molar-refractivity contribution is 9.11. The molecule has 13 heteroatoms. The molecular weight excluding hydrogens is 660 g/mol. The molecule has 9 nitrogen and oxygen atoms in total. The minimum atomic E-state index is -0.783. The highest BCUT2D eigenvalue weighted by atomic mass is 79.9. The number of benzene rings is 2. The quantitative estimate of drug-likeness (QED) is 0.215. The Labute approximate surface area is 245 Å². The van der Waals surface area contributed by atoms with E-state index in [4.69, 9.17) is 18.3 Å². The van der Waals surface area contributed by atoms with Crippen LogP contribution in [-0.4, -0.2) is 23.4 Å². The van der Waals surface area contributed by atoms with E-state index < -0.39 is 35.0 Å². The normalized spacial score (nSPS) is 11.4. The average Bonchev–Trinajstić information content (AvgIpc) is 3.39. The highest BCUT2D eigenvalue weighted by Crippen LogP contribution is 2.36. The summed E-state index contributed by atoms with van der Waals surface area (Å²) >= 11 is 6.52. The predicted octanol–water partition coefficient (Wildman–Crippen LogP) is 9.23. The third kappa shape index (κ3) is 7.73. The Bertz CT molecular complexity index is 1590. The van der Waals surface area contributed by atoms with Crippen molar-refractivity contribution < 1.29 is 36.7 Å². The number of furan rings is 2. The maximum Gasteiger partial charge on any atom is 0.414 e. The van der Waals surface area contributed by atoms with Crippen LogP contribution in [0.2, 0.25) is 0 Å². The second-order valence-electron chi connectivity index (χ2n) is 10.3. The summed E-state index contributed by atoms with van der Waals surface area (Å²) < 4.78 is 49.1. The number of nitrogens with one attached hydrogen (secondary N) is 2. The minimum Gasteiger partial charge on any atom is -0.444 e. The van der Waals surface area contributed by atoms with Gasteiger partial charge in [0.25, 0.3) is 0 Å². The van der Waals surface area contributed by atoms with Crippen LogP contribution in [0.1, 0.15) is 47.1 Å². The fourth-order valence-electron chi connectivity index (χ4n) is 3.25. The van der Waals surface area contributed by atoms with Gasteiger partial charge in [-0.2, -0.15) is 5.26 Å². The summed E-state index contributed by atoms with van der Waals surface area (Å²) in [6.07, 6.45) is -1.43. The minimum absolute atomic E-state index is 0.0298. The number of hydrogen-bond acceptors (Lipinski definition) is 7. The fraction of sp³-hybridized carbons (Fsp3) is 0.296. The van der Waals surface area contributed by atoms with Crippen LogP contribution in [0.3, 0.4) is 0 Å². The molecule has 0 saturated carbocycles. The molecule has 0 radical (unpaired) electrons. The van der Waals surface area contributed by atoms with Crippen molar-refractivity contribution in [2.75, 3.05) is 10.6 Å². The van der Waals surface area contributed by atoms with Crippen molar-refractivity contribution >= 4 is 77.8 Å². The molecule has 4 aromatic rings. The molecule has 2 aromatic heterocycles. The molecule has 0 aliphatic rings. The molecule has 0 aliphatic carbocycles. The van der Waals surface area contributed by atoms with Gasteiger partial charge in [0.05, 0.1) is 5.39 Å². The van der Waals surface area contributed by atoms with E-state index in [9.17, 15) is 23.6 Å². The zero-order valence-electron chi connectivity index (χ0n) is 22.3. The molecule has 0 unspecified atom stereocenters. The molecule has 0 atom stereocenters. The van der Waals surface area contributed by atoms with Crippen molar-refractivity contribution in [3.05, 3.63) is 56.5 Å². The van der Waals surface area contributed by atoms with Crippen LogP contribution in [0.25, 0.3) is 21.9 Å². The number of ether oxygens (including phenoxy) is 2. The Balaban J connectivity index is 0.000000222. The molecule has 0 aliphatic heterocycles. The summed E-state index contributed by atoms with van der Waals surface area (Å²) in [5, 5.41) is 14.8. The van der Waals surface area contributed by atoms with E-state index in [1.807, 2.05) is 6.07 Å². The number of amides is 2. The third-order valence-corrected chi connectivity index (χ3v) is 6.03. The van der Waals surface area contributed by atoms with Crippen LogP contribution in [0.5, 0.6) is 0 Å². The Morgan fingerprint density at radius 1 is 0.850 bits per heavy atom. The van der Waals surface area contributed by atoms with Crippen LogP contribution in [0.15, 0.2) is 48.1 Å². The molecule has 2 N–H and O–H groups in total. The van der Waals surface area contributed by atoms with Crippen molar-refractivity contribution in [1.82, 2.24) is 0 Å². The van der Waals surface area contributed by atoms with Gasteiger partial charge in [0.15, 0.2) is 22.8 Å². The van der Waals surface area contributed by atoms with Crippen molar-refractivity contribution in [2.45, 2.75) is 52.7 Å². The molecule has 0 bridgehead atoms. The number of carbonyl (C=O) groups excluding carboxylic acids is 2. The molecule has 2 heterocycles. The van der Waals surface area contributed by atoms with Gasteiger partial charge in [0.1, 0.15) is 22.8 Å². The lowest BCUT2D eigenvalue weighted by Crippen LogP contribution is -2.27. The van der Waals surface area contributed by atoms with Gasteiger partial charge in [0.2, 0.25) is 11.8 Å². The number of hydrogen-bond donors (Lipinski definition) is 2. The van der Waals surface area contributed by atoms with Gasteiger partial charge in [-0.05, 0) is 81.7 Å². The number of halogens is 4. The van der Waals surface area contributed by atoms with Crippen LogP contribution >= 0.6 is 31.9 Å². The zero-order valence-corrected chi connectivity index (χ0v) is 25.5. The van der Waals surface area contributed by atoms with Gasteiger partial charge in [-0.25, -0.2) is 18.4 Å². The third-order valence-electron chi connectivity index (χ3n) is 4.67. The van der Waals surface area contributed by atoms with E-state index in [2.05, 4.69) is 42.5 Å². The van der Waals surface area contributed by atoms with Gasteiger partial charge >= 0.3 is 12.2 Å². The summed E-state index contributed by atoms with van der Waals surface area (Å²) in [7, 11) is 0. The van der Waals surface area contributed by atoms with E-state index in [1.54, 1.807) is 47.6 Å². The number of nitrogens with zero attached hydrogens (tertiary/aromatic N) is 1. The zero-order chi connectivity index (χ0) is 30.0. The van der Waals surface area contributed by atoms with Crippen LogP contribution < -0.4 is 10.6 Å². The van der Waals surface area contributed by atoms with Gasteiger partial charge < -0.3 is 18.3 Å². The van der Waals surface area contributed by atoms with Crippen molar-refractivity contribution in [2.24, 2.45) is 0 Å². The van der Waals surface area contributed by atoms with E-state index in [-0.39, 0.29) is 33.9 Å². The Kier molecular flexibility index (Phi) is 9.16. The van der Waals surface area contributed by atoms with Crippen molar-refractivity contribution in [3.63, 3.8) is 0 Å². The summed E-state index contributed by atoms with van der Waals surface area (Å²) in [5.74, 6) is -1.13. The summed E-state index contributed by atoms with van der Waals surface area (Å²) in [4.78, 5) is 23.3. The summed E-state index contributed by atoms with van der Waals surface area (Å²) in [6, 6.07) is 8.95. The summed E-state index contributed by atoms with van der Waals surface area (Å²) in [5.41, 5.74) is -1.30. The lowest BCUT2D eigenvalue weighted by atomic mass is 10.2. The largest absolute Gasteiger partial charge is 0.444 e. The van der Waals surface area contributed by atoms with Gasteiger partial charge in [-0.15, -0.1) is 0 Å². The first kappa shape index (κ1) is 30.9.